The van der Waals surface area contributed by atoms with E-state index in [0.717, 1.165) is 11.3 Å². The molecule has 1 unspecified atom stereocenters. The highest BCUT2D eigenvalue weighted by atomic mass is 15.0. The van der Waals surface area contributed by atoms with Crippen LogP contribution in [0.4, 0.5) is 5.82 Å². The Labute approximate surface area is 119 Å². The van der Waals surface area contributed by atoms with E-state index in [-0.39, 0.29) is 6.04 Å². The van der Waals surface area contributed by atoms with Crippen molar-refractivity contribution in [3.63, 3.8) is 0 Å². The van der Waals surface area contributed by atoms with Crippen LogP contribution in [0.25, 0.3) is 0 Å². The van der Waals surface area contributed by atoms with E-state index in [9.17, 15) is 0 Å². The van der Waals surface area contributed by atoms with Gasteiger partial charge in [0.25, 0.3) is 0 Å². The van der Waals surface area contributed by atoms with E-state index in [2.05, 4.69) is 48.2 Å². The maximum absolute atomic E-state index is 8.91. The number of nitrogens with zero attached hydrogens (tertiary/aromatic N) is 3. The van der Waals surface area contributed by atoms with Crippen LogP contribution in [-0.2, 0) is 0 Å². The van der Waals surface area contributed by atoms with Crippen molar-refractivity contribution in [2.24, 2.45) is 5.92 Å². The van der Waals surface area contributed by atoms with Gasteiger partial charge in [-0.25, -0.2) is 4.98 Å². The number of anilines is 1. The fourth-order valence-electron chi connectivity index (χ4n) is 2.11. The molecule has 20 heavy (non-hydrogen) atoms. The number of aryl methyl sites for hydroxylation is 1. The van der Waals surface area contributed by atoms with Gasteiger partial charge >= 0.3 is 0 Å². The van der Waals surface area contributed by atoms with Crippen LogP contribution in [0.5, 0.6) is 0 Å². The monoisotopic (exact) mass is 266 g/mol. The smallest absolute Gasteiger partial charge is 0.142 e. The minimum Gasteiger partial charge on any atom is -0.361 e. The Kier molecular flexibility index (Phi) is 4.31. The Bertz CT molecular complexity index is 628. The van der Waals surface area contributed by atoms with Gasteiger partial charge in [-0.05, 0) is 36.6 Å². The standard InChI is InChI=1S/C16H18N4/c1-11(2)15(16-12(3)6-5-9-18-16)20-14-8-4-7-13(10-17)19-14/h4-9,11,15H,1-3H3,(H,19,20). The number of rotatable bonds is 4. The molecule has 0 bridgehead atoms. The third kappa shape index (κ3) is 3.12. The van der Waals surface area contributed by atoms with Crippen molar-refractivity contribution in [1.82, 2.24) is 9.97 Å². The van der Waals surface area contributed by atoms with Crippen molar-refractivity contribution in [2.75, 3.05) is 5.32 Å². The second-order valence-electron chi connectivity index (χ2n) is 5.09. The molecule has 0 aliphatic rings. The van der Waals surface area contributed by atoms with Gasteiger partial charge in [0.05, 0.1) is 11.7 Å². The van der Waals surface area contributed by atoms with Crippen LogP contribution in [0.3, 0.4) is 0 Å². The molecule has 102 valence electrons. The zero-order valence-corrected chi connectivity index (χ0v) is 12.0. The first-order valence-corrected chi connectivity index (χ1v) is 6.67. The summed E-state index contributed by atoms with van der Waals surface area (Å²) in [4.78, 5) is 8.75. The van der Waals surface area contributed by atoms with Crippen LogP contribution < -0.4 is 5.32 Å². The molecule has 4 nitrogen and oxygen atoms in total. The first kappa shape index (κ1) is 14.0. The molecule has 0 aromatic carbocycles. The van der Waals surface area contributed by atoms with Gasteiger partial charge in [0, 0.05) is 6.20 Å². The summed E-state index contributed by atoms with van der Waals surface area (Å²) in [6.07, 6.45) is 1.80. The number of aromatic nitrogens is 2. The van der Waals surface area contributed by atoms with Crippen molar-refractivity contribution in [3.05, 3.63) is 53.5 Å². The SMILES string of the molecule is Cc1cccnc1C(Nc1cccc(C#N)n1)C(C)C. The molecule has 1 atom stereocenters. The van der Waals surface area contributed by atoms with E-state index in [1.807, 2.05) is 18.2 Å². The van der Waals surface area contributed by atoms with Gasteiger partial charge in [0.2, 0.25) is 0 Å². The molecule has 2 aromatic heterocycles. The lowest BCUT2D eigenvalue weighted by atomic mass is 9.97. The lowest BCUT2D eigenvalue weighted by Gasteiger charge is -2.24. The Morgan fingerprint density at radius 2 is 2.00 bits per heavy atom. The van der Waals surface area contributed by atoms with E-state index in [0.29, 0.717) is 17.4 Å². The maximum Gasteiger partial charge on any atom is 0.142 e. The molecule has 0 aliphatic carbocycles. The zero-order valence-electron chi connectivity index (χ0n) is 12.0. The first-order chi connectivity index (χ1) is 9.61. The molecule has 1 N–H and O–H groups in total. The molecular weight excluding hydrogens is 248 g/mol. The maximum atomic E-state index is 8.91. The highest BCUT2D eigenvalue weighted by Gasteiger charge is 2.19. The average Bonchev–Trinajstić information content (AvgIpc) is 2.45. The van der Waals surface area contributed by atoms with Crippen LogP contribution in [0.2, 0.25) is 0 Å². The summed E-state index contributed by atoms with van der Waals surface area (Å²) in [6.45, 7) is 6.33. The number of nitriles is 1. The Hall–Kier alpha value is -2.41. The van der Waals surface area contributed by atoms with Gasteiger partial charge < -0.3 is 5.32 Å². The van der Waals surface area contributed by atoms with Crippen molar-refractivity contribution in [2.45, 2.75) is 26.8 Å². The summed E-state index contributed by atoms with van der Waals surface area (Å²) in [5.41, 5.74) is 2.58. The fourth-order valence-corrected chi connectivity index (χ4v) is 2.11. The average molecular weight is 266 g/mol. The van der Waals surface area contributed by atoms with Gasteiger partial charge in [-0.15, -0.1) is 0 Å². The van der Waals surface area contributed by atoms with Crippen LogP contribution >= 0.6 is 0 Å². The predicted molar refractivity (Wildman–Crippen MR) is 79.1 cm³/mol. The van der Waals surface area contributed by atoms with Gasteiger partial charge in [-0.2, -0.15) is 5.26 Å². The number of hydrogen-bond acceptors (Lipinski definition) is 4. The van der Waals surface area contributed by atoms with Crippen molar-refractivity contribution in [3.8, 4) is 6.07 Å². The minimum absolute atomic E-state index is 0.0673. The van der Waals surface area contributed by atoms with E-state index in [1.165, 1.54) is 0 Å². The van der Waals surface area contributed by atoms with Crippen molar-refractivity contribution >= 4 is 5.82 Å². The molecule has 4 heteroatoms. The summed E-state index contributed by atoms with van der Waals surface area (Å²) < 4.78 is 0. The lowest BCUT2D eigenvalue weighted by molar-refractivity contribution is 0.531. The molecule has 0 spiro atoms. The minimum atomic E-state index is 0.0673. The van der Waals surface area contributed by atoms with Crippen LogP contribution in [-0.4, -0.2) is 9.97 Å². The molecular formula is C16H18N4. The fraction of sp³-hybridized carbons (Fsp3) is 0.312. The highest BCUT2D eigenvalue weighted by Crippen LogP contribution is 2.26. The summed E-state index contributed by atoms with van der Waals surface area (Å²) in [7, 11) is 0. The van der Waals surface area contributed by atoms with Gasteiger partial charge in [0.1, 0.15) is 17.6 Å². The van der Waals surface area contributed by atoms with E-state index in [4.69, 9.17) is 5.26 Å². The van der Waals surface area contributed by atoms with E-state index < -0.39 is 0 Å². The lowest BCUT2D eigenvalue weighted by Crippen LogP contribution is -2.20. The Morgan fingerprint density at radius 3 is 2.65 bits per heavy atom. The number of hydrogen-bond donors (Lipinski definition) is 1. The molecule has 2 rings (SSSR count). The normalized spacial score (nSPS) is 11.9. The molecule has 0 radical (unpaired) electrons. The molecule has 0 aliphatic heterocycles. The summed E-state index contributed by atoms with van der Waals surface area (Å²) in [5, 5.41) is 12.3. The number of pyridine rings is 2. The highest BCUT2D eigenvalue weighted by molar-refractivity contribution is 5.41. The topological polar surface area (TPSA) is 61.6 Å². The molecule has 0 saturated carbocycles. The van der Waals surface area contributed by atoms with Gasteiger partial charge in [-0.3, -0.25) is 4.98 Å². The van der Waals surface area contributed by atoms with E-state index >= 15 is 0 Å². The Balaban J connectivity index is 2.31. The van der Waals surface area contributed by atoms with Crippen molar-refractivity contribution in [1.29, 1.82) is 5.26 Å². The molecule has 2 heterocycles. The second kappa shape index (κ2) is 6.16. The van der Waals surface area contributed by atoms with Gasteiger partial charge in [-0.1, -0.05) is 26.0 Å². The zero-order chi connectivity index (χ0) is 14.5. The number of nitrogens with one attached hydrogen (secondary N) is 1. The third-order valence-electron chi connectivity index (χ3n) is 3.18. The Morgan fingerprint density at radius 1 is 1.20 bits per heavy atom. The first-order valence-electron chi connectivity index (χ1n) is 6.67. The summed E-state index contributed by atoms with van der Waals surface area (Å²) >= 11 is 0. The van der Waals surface area contributed by atoms with Crippen LogP contribution in [0.15, 0.2) is 36.5 Å². The summed E-state index contributed by atoms with van der Waals surface area (Å²) in [6, 6.07) is 11.5. The second-order valence-corrected chi connectivity index (χ2v) is 5.09. The molecule has 0 fully saturated rings. The van der Waals surface area contributed by atoms with Crippen LogP contribution in [0.1, 0.15) is 36.8 Å². The summed E-state index contributed by atoms with van der Waals surface area (Å²) in [5.74, 6) is 1.06. The largest absolute Gasteiger partial charge is 0.361 e. The quantitative estimate of drug-likeness (QED) is 0.920. The van der Waals surface area contributed by atoms with E-state index in [1.54, 1.807) is 12.3 Å². The third-order valence-corrected chi connectivity index (χ3v) is 3.18. The van der Waals surface area contributed by atoms with Crippen molar-refractivity contribution < 1.29 is 0 Å². The van der Waals surface area contributed by atoms with Gasteiger partial charge in [0.15, 0.2) is 0 Å². The predicted octanol–water partition coefficient (Wildman–Crippen LogP) is 3.47. The molecule has 0 saturated heterocycles. The van der Waals surface area contributed by atoms with Crippen LogP contribution in [0, 0.1) is 24.2 Å². The molecule has 2 aromatic rings. The molecule has 0 amide bonds.